The molecule has 2 aromatic rings. The Kier molecular flexibility index (Phi) is 3.22. The van der Waals surface area contributed by atoms with Gasteiger partial charge in [-0.1, -0.05) is 36.4 Å². The zero-order valence-electron chi connectivity index (χ0n) is 11.0. The van der Waals surface area contributed by atoms with Crippen LogP contribution in [-0.2, 0) is 4.74 Å². The Bertz CT molecular complexity index is 603. The molecule has 3 heteroatoms. The first-order valence-corrected chi connectivity index (χ1v) is 6.64. The summed E-state index contributed by atoms with van der Waals surface area (Å²) in [5.74, 6) is 0.104. The second kappa shape index (κ2) is 5.02. The van der Waals surface area contributed by atoms with E-state index in [1.54, 1.807) is 0 Å². The maximum absolute atomic E-state index is 12.6. The van der Waals surface area contributed by atoms with Crippen LogP contribution in [0.4, 0.5) is 0 Å². The van der Waals surface area contributed by atoms with Crippen LogP contribution in [0.2, 0.25) is 0 Å². The lowest BCUT2D eigenvalue weighted by Crippen LogP contribution is -2.44. The highest BCUT2D eigenvalue weighted by molar-refractivity contribution is 6.07. The molecule has 3 rings (SSSR count). The first kappa shape index (κ1) is 12.2. The van der Waals surface area contributed by atoms with Gasteiger partial charge >= 0.3 is 0 Å². The van der Waals surface area contributed by atoms with E-state index in [2.05, 4.69) is 0 Å². The van der Waals surface area contributed by atoms with Crippen LogP contribution in [0.5, 0.6) is 0 Å². The van der Waals surface area contributed by atoms with E-state index in [0.29, 0.717) is 19.7 Å². The zero-order chi connectivity index (χ0) is 13.2. The standard InChI is InChI=1S/C16H17NO2/c1-12-11-17(9-10-19-12)16(18)15-8-4-6-13-5-2-3-7-14(13)15/h2-8,12H,9-11H2,1H3. The monoisotopic (exact) mass is 255 g/mol. The highest BCUT2D eigenvalue weighted by atomic mass is 16.5. The Morgan fingerprint density at radius 3 is 2.84 bits per heavy atom. The fourth-order valence-electron chi connectivity index (χ4n) is 2.59. The Morgan fingerprint density at radius 1 is 1.21 bits per heavy atom. The number of morpholine rings is 1. The first-order valence-electron chi connectivity index (χ1n) is 6.64. The van der Waals surface area contributed by atoms with Crippen molar-refractivity contribution < 1.29 is 9.53 Å². The van der Waals surface area contributed by atoms with Gasteiger partial charge < -0.3 is 9.64 Å². The molecule has 1 fully saturated rings. The number of hydrogen-bond acceptors (Lipinski definition) is 2. The van der Waals surface area contributed by atoms with Gasteiger partial charge in [0.15, 0.2) is 0 Å². The highest BCUT2D eigenvalue weighted by Gasteiger charge is 2.23. The van der Waals surface area contributed by atoms with Gasteiger partial charge in [-0.25, -0.2) is 0 Å². The van der Waals surface area contributed by atoms with Gasteiger partial charge in [0.2, 0.25) is 0 Å². The zero-order valence-corrected chi connectivity index (χ0v) is 11.0. The lowest BCUT2D eigenvalue weighted by atomic mass is 10.0. The van der Waals surface area contributed by atoms with E-state index in [9.17, 15) is 4.79 Å². The Morgan fingerprint density at radius 2 is 2.00 bits per heavy atom. The third-order valence-corrected chi connectivity index (χ3v) is 3.55. The van der Waals surface area contributed by atoms with Gasteiger partial charge in [-0.3, -0.25) is 4.79 Å². The molecule has 0 bridgehead atoms. The third-order valence-electron chi connectivity index (χ3n) is 3.55. The van der Waals surface area contributed by atoms with Crippen LogP contribution in [0.25, 0.3) is 10.8 Å². The second-order valence-corrected chi connectivity index (χ2v) is 4.96. The summed E-state index contributed by atoms with van der Waals surface area (Å²) in [6.45, 7) is 3.97. The largest absolute Gasteiger partial charge is 0.375 e. The molecule has 98 valence electrons. The molecule has 0 radical (unpaired) electrons. The van der Waals surface area contributed by atoms with Crippen LogP contribution in [0, 0.1) is 0 Å². The van der Waals surface area contributed by atoms with Crippen LogP contribution < -0.4 is 0 Å². The number of amides is 1. The van der Waals surface area contributed by atoms with E-state index in [1.165, 1.54) is 0 Å². The van der Waals surface area contributed by atoms with Crippen molar-refractivity contribution in [1.29, 1.82) is 0 Å². The smallest absolute Gasteiger partial charge is 0.254 e. The molecule has 1 aliphatic heterocycles. The van der Waals surface area contributed by atoms with Crippen LogP contribution in [0.3, 0.4) is 0 Å². The number of carbonyl (C=O) groups excluding carboxylic acids is 1. The molecule has 19 heavy (non-hydrogen) atoms. The maximum Gasteiger partial charge on any atom is 0.254 e. The van der Waals surface area contributed by atoms with Gasteiger partial charge in [0.25, 0.3) is 5.91 Å². The number of fused-ring (bicyclic) bond motifs is 1. The molecule has 1 unspecified atom stereocenters. The van der Waals surface area contributed by atoms with Crippen molar-refractivity contribution in [3.05, 3.63) is 48.0 Å². The van der Waals surface area contributed by atoms with Crippen molar-refractivity contribution in [2.45, 2.75) is 13.0 Å². The fourth-order valence-corrected chi connectivity index (χ4v) is 2.59. The van der Waals surface area contributed by atoms with Crippen LogP contribution in [-0.4, -0.2) is 36.6 Å². The summed E-state index contributed by atoms with van der Waals surface area (Å²) < 4.78 is 5.49. The fraction of sp³-hybridized carbons (Fsp3) is 0.312. The van der Waals surface area contributed by atoms with Gasteiger partial charge in [0, 0.05) is 18.7 Å². The number of rotatable bonds is 1. The molecule has 1 amide bonds. The summed E-state index contributed by atoms with van der Waals surface area (Å²) >= 11 is 0. The van der Waals surface area contributed by atoms with Crippen molar-refractivity contribution in [2.24, 2.45) is 0 Å². The second-order valence-electron chi connectivity index (χ2n) is 4.96. The average Bonchev–Trinajstić information content (AvgIpc) is 2.46. The number of hydrogen-bond donors (Lipinski definition) is 0. The Labute approximate surface area is 112 Å². The molecule has 2 aromatic carbocycles. The normalized spacial score (nSPS) is 19.6. The molecule has 1 heterocycles. The minimum absolute atomic E-state index is 0.104. The number of ether oxygens (including phenoxy) is 1. The van der Waals surface area contributed by atoms with Crippen LogP contribution in [0.15, 0.2) is 42.5 Å². The van der Waals surface area contributed by atoms with Crippen LogP contribution >= 0.6 is 0 Å². The molecule has 0 aliphatic carbocycles. The van der Waals surface area contributed by atoms with Crippen molar-refractivity contribution in [2.75, 3.05) is 19.7 Å². The van der Waals surface area contributed by atoms with E-state index >= 15 is 0 Å². The molecular weight excluding hydrogens is 238 g/mol. The number of benzene rings is 2. The topological polar surface area (TPSA) is 29.5 Å². The highest BCUT2D eigenvalue weighted by Crippen LogP contribution is 2.21. The van der Waals surface area contributed by atoms with Crippen molar-refractivity contribution >= 4 is 16.7 Å². The SMILES string of the molecule is CC1CN(C(=O)c2cccc3ccccc23)CCO1. The Hall–Kier alpha value is -1.87. The molecule has 1 aliphatic rings. The summed E-state index contributed by atoms with van der Waals surface area (Å²) in [5.41, 5.74) is 0.784. The molecule has 3 nitrogen and oxygen atoms in total. The quantitative estimate of drug-likeness (QED) is 0.784. The summed E-state index contributed by atoms with van der Waals surface area (Å²) in [4.78, 5) is 14.5. The number of carbonyl (C=O) groups is 1. The van der Waals surface area contributed by atoms with E-state index < -0.39 is 0 Å². The molecule has 1 saturated heterocycles. The van der Waals surface area contributed by atoms with Crippen molar-refractivity contribution in [3.63, 3.8) is 0 Å². The molecule has 1 atom stereocenters. The van der Waals surface area contributed by atoms with Crippen molar-refractivity contribution in [1.82, 2.24) is 4.90 Å². The predicted octanol–water partition coefficient (Wildman–Crippen LogP) is 2.70. The van der Waals surface area contributed by atoms with Gasteiger partial charge in [0.05, 0.1) is 12.7 Å². The van der Waals surface area contributed by atoms with Gasteiger partial charge in [0.1, 0.15) is 0 Å². The van der Waals surface area contributed by atoms with Gasteiger partial charge in [-0.15, -0.1) is 0 Å². The van der Waals surface area contributed by atoms with Gasteiger partial charge in [-0.2, -0.15) is 0 Å². The third kappa shape index (κ3) is 2.34. The molecule has 0 spiro atoms. The summed E-state index contributed by atoms with van der Waals surface area (Å²) in [6, 6.07) is 13.9. The first-order chi connectivity index (χ1) is 9.25. The predicted molar refractivity (Wildman–Crippen MR) is 75.3 cm³/mol. The van der Waals surface area contributed by atoms with Crippen LogP contribution in [0.1, 0.15) is 17.3 Å². The minimum Gasteiger partial charge on any atom is -0.375 e. The molecule has 0 N–H and O–H groups in total. The molecule has 0 aromatic heterocycles. The minimum atomic E-state index is 0.104. The lowest BCUT2D eigenvalue weighted by molar-refractivity contribution is -0.0123. The summed E-state index contributed by atoms with van der Waals surface area (Å²) in [7, 11) is 0. The Balaban J connectivity index is 1.97. The average molecular weight is 255 g/mol. The van der Waals surface area contributed by atoms with E-state index in [4.69, 9.17) is 4.74 Å². The van der Waals surface area contributed by atoms with Gasteiger partial charge in [-0.05, 0) is 23.8 Å². The summed E-state index contributed by atoms with van der Waals surface area (Å²) in [5, 5.41) is 2.13. The maximum atomic E-state index is 12.6. The number of nitrogens with zero attached hydrogens (tertiary/aromatic N) is 1. The molecule has 0 saturated carbocycles. The summed E-state index contributed by atoms with van der Waals surface area (Å²) in [6.07, 6.45) is 0.118. The van der Waals surface area contributed by atoms with Crippen molar-refractivity contribution in [3.8, 4) is 0 Å². The van der Waals surface area contributed by atoms with E-state index in [0.717, 1.165) is 16.3 Å². The molecular formula is C16H17NO2. The lowest BCUT2D eigenvalue weighted by Gasteiger charge is -2.31. The van der Waals surface area contributed by atoms with E-state index in [1.807, 2.05) is 54.3 Å². The van der Waals surface area contributed by atoms with E-state index in [-0.39, 0.29) is 12.0 Å².